The van der Waals surface area contributed by atoms with Crippen molar-refractivity contribution < 1.29 is 5.11 Å². The fourth-order valence-corrected chi connectivity index (χ4v) is 3.04. The third-order valence-electron chi connectivity index (χ3n) is 4.89. The van der Waals surface area contributed by atoms with E-state index in [4.69, 9.17) is 0 Å². The molecule has 0 aromatic carbocycles. The molecule has 0 aliphatic heterocycles. The number of aliphatic hydroxyl groups excluding tert-OH is 1. The molecule has 1 unspecified atom stereocenters. The monoisotopic (exact) mass is 270 g/mol. The lowest BCUT2D eigenvalue weighted by Crippen LogP contribution is -2.43. The van der Waals surface area contributed by atoms with E-state index in [9.17, 15) is 5.11 Å². The maximum atomic E-state index is 9.36. The normalized spacial score (nSPS) is 21.3. The van der Waals surface area contributed by atoms with Crippen molar-refractivity contribution in [2.75, 3.05) is 27.2 Å². The van der Waals surface area contributed by atoms with Crippen LogP contribution in [-0.4, -0.2) is 48.8 Å². The van der Waals surface area contributed by atoms with Gasteiger partial charge in [-0.15, -0.1) is 0 Å². The minimum Gasteiger partial charge on any atom is -0.394 e. The number of likely N-dealkylation sites (N-methyl/N-ethyl adjacent to an activating group) is 1. The number of rotatable bonds is 8. The molecule has 114 valence electrons. The average molecular weight is 270 g/mol. The van der Waals surface area contributed by atoms with Crippen LogP contribution in [-0.2, 0) is 0 Å². The number of aliphatic hydroxyl groups is 1. The van der Waals surface area contributed by atoms with Crippen LogP contribution in [0.2, 0.25) is 0 Å². The van der Waals surface area contributed by atoms with Crippen molar-refractivity contribution in [3.05, 3.63) is 0 Å². The molecule has 1 aliphatic rings. The summed E-state index contributed by atoms with van der Waals surface area (Å²) < 4.78 is 0. The molecule has 0 amide bonds. The minimum absolute atomic E-state index is 0.0963. The quantitative estimate of drug-likeness (QED) is 0.526. The van der Waals surface area contributed by atoms with Crippen LogP contribution in [0.1, 0.15) is 64.7 Å². The number of nitrogens with one attached hydrogen (secondary N) is 1. The van der Waals surface area contributed by atoms with E-state index in [1.807, 2.05) is 7.05 Å². The van der Waals surface area contributed by atoms with Crippen LogP contribution in [0, 0.1) is 0 Å². The second-order valence-electron chi connectivity index (χ2n) is 6.55. The van der Waals surface area contributed by atoms with E-state index in [1.165, 1.54) is 57.9 Å². The minimum atomic E-state index is -0.0963. The van der Waals surface area contributed by atoms with Gasteiger partial charge in [-0.2, -0.15) is 0 Å². The summed E-state index contributed by atoms with van der Waals surface area (Å²) in [6, 6.07) is 0.816. The highest BCUT2D eigenvalue weighted by molar-refractivity contribution is 4.80. The molecule has 0 aromatic heterocycles. The van der Waals surface area contributed by atoms with Gasteiger partial charge in [-0.05, 0) is 53.2 Å². The molecular weight excluding hydrogens is 236 g/mol. The number of hydrogen-bond acceptors (Lipinski definition) is 3. The van der Waals surface area contributed by atoms with Gasteiger partial charge >= 0.3 is 0 Å². The fraction of sp³-hybridized carbons (Fsp3) is 1.00. The summed E-state index contributed by atoms with van der Waals surface area (Å²) in [5, 5.41) is 12.6. The topological polar surface area (TPSA) is 35.5 Å². The SMILES string of the molecule is CNC(C)(CO)CCCCN(C)C1CCCCCC1. The van der Waals surface area contributed by atoms with Gasteiger partial charge in [0.2, 0.25) is 0 Å². The zero-order valence-electron chi connectivity index (χ0n) is 13.2. The maximum absolute atomic E-state index is 9.36. The van der Waals surface area contributed by atoms with Crippen LogP contribution < -0.4 is 5.32 Å². The maximum Gasteiger partial charge on any atom is 0.0610 e. The van der Waals surface area contributed by atoms with E-state index in [0.29, 0.717) is 0 Å². The molecule has 1 saturated carbocycles. The Kier molecular flexibility index (Phi) is 7.96. The highest BCUT2D eigenvalue weighted by Crippen LogP contribution is 2.21. The first-order chi connectivity index (χ1) is 9.11. The molecule has 0 radical (unpaired) electrons. The van der Waals surface area contributed by atoms with Gasteiger partial charge in [0.15, 0.2) is 0 Å². The van der Waals surface area contributed by atoms with E-state index in [-0.39, 0.29) is 12.1 Å². The van der Waals surface area contributed by atoms with Crippen LogP contribution in [0.3, 0.4) is 0 Å². The molecule has 19 heavy (non-hydrogen) atoms. The zero-order chi connectivity index (χ0) is 14.1. The molecule has 0 saturated heterocycles. The highest BCUT2D eigenvalue weighted by Gasteiger charge is 2.20. The molecular formula is C16H34N2O. The van der Waals surface area contributed by atoms with Gasteiger partial charge in [0.05, 0.1) is 6.61 Å². The van der Waals surface area contributed by atoms with Crippen molar-refractivity contribution in [3.63, 3.8) is 0 Å². The molecule has 1 aliphatic carbocycles. The predicted octanol–water partition coefficient (Wildman–Crippen LogP) is 2.78. The number of hydrogen-bond donors (Lipinski definition) is 2. The van der Waals surface area contributed by atoms with Gasteiger partial charge in [0.25, 0.3) is 0 Å². The Morgan fingerprint density at radius 2 is 1.79 bits per heavy atom. The Morgan fingerprint density at radius 1 is 1.16 bits per heavy atom. The molecule has 1 fully saturated rings. The van der Waals surface area contributed by atoms with Crippen LogP contribution in [0.5, 0.6) is 0 Å². The summed E-state index contributed by atoms with van der Waals surface area (Å²) in [6.45, 7) is 3.53. The first-order valence-electron chi connectivity index (χ1n) is 8.11. The lowest BCUT2D eigenvalue weighted by Gasteiger charge is -2.29. The van der Waals surface area contributed by atoms with Crippen molar-refractivity contribution >= 4 is 0 Å². The lowest BCUT2D eigenvalue weighted by molar-refractivity contribution is 0.166. The molecule has 0 aromatic rings. The summed E-state index contributed by atoms with van der Waals surface area (Å²) in [5.74, 6) is 0. The van der Waals surface area contributed by atoms with E-state index in [1.54, 1.807) is 0 Å². The molecule has 3 heteroatoms. The largest absolute Gasteiger partial charge is 0.394 e. The molecule has 1 atom stereocenters. The van der Waals surface area contributed by atoms with E-state index in [0.717, 1.165) is 12.5 Å². The van der Waals surface area contributed by atoms with Gasteiger partial charge in [-0.25, -0.2) is 0 Å². The molecule has 3 nitrogen and oxygen atoms in total. The first kappa shape index (κ1) is 16.9. The van der Waals surface area contributed by atoms with Gasteiger partial charge in [0.1, 0.15) is 0 Å². The Bertz CT molecular complexity index is 221. The Balaban J connectivity index is 2.17. The van der Waals surface area contributed by atoms with Crippen molar-refractivity contribution in [1.82, 2.24) is 10.2 Å². The summed E-state index contributed by atoms with van der Waals surface area (Å²) in [5.41, 5.74) is -0.0963. The fourth-order valence-electron chi connectivity index (χ4n) is 3.04. The Hall–Kier alpha value is -0.120. The number of unbranched alkanes of at least 4 members (excludes halogenated alkanes) is 1. The van der Waals surface area contributed by atoms with Gasteiger partial charge < -0.3 is 15.3 Å². The van der Waals surface area contributed by atoms with E-state index in [2.05, 4.69) is 24.2 Å². The number of nitrogens with zero attached hydrogens (tertiary/aromatic N) is 1. The first-order valence-corrected chi connectivity index (χ1v) is 8.11. The molecule has 0 bridgehead atoms. The van der Waals surface area contributed by atoms with Crippen molar-refractivity contribution in [2.24, 2.45) is 0 Å². The summed E-state index contributed by atoms with van der Waals surface area (Å²) in [4.78, 5) is 2.57. The van der Waals surface area contributed by atoms with Crippen LogP contribution in [0.15, 0.2) is 0 Å². The van der Waals surface area contributed by atoms with E-state index >= 15 is 0 Å². The average Bonchev–Trinajstić information content (AvgIpc) is 2.72. The van der Waals surface area contributed by atoms with Gasteiger partial charge in [-0.1, -0.05) is 32.1 Å². The molecule has 2 N–H and O–H groups in total. The predicted molar refractivity (Wildman–Crippen MR) is 82.5 cm³/mol. The van der Waals surface area contributed by atoms with Crippen LogP contribution in [0.4, 0.5) is 0 Å². The zero-order valence-corrected chi connectivity index (χ0v) is 13.2. The van der Waals surface area contributed by atoms with Crippen molar-refractivity contribution in [2.45, 2.75) is 76.3 Å². The second-order valence-corrected chi connectivity index (χ2v) is 6.55. The Morgan fingerprint density at radius 3 is 2.32 bits per heavy atom. The summed E-state index contributed by atoms with van der Waals surface area (Å²) >= 11 is 0. The van der Waals surface area contributed by atoms with E-state index < -0.39 is 0 Å². The summed E-state index contributed by atoms with van der Waals surface area (Å²) in [7, 11) is 4.23. The van der Waals surface area contributed by atoms with Gasteiger partial charge in [-0.3, -0.25) is 0 Å². The summed E-state index contributed by atoms with van der Waals surface area (Å²) in [6.07, 6.45) is 12.0. The van der Waals surface area contributed by atoms with Crippen molar-refractivity contribution in [3.8, 4) is 0 Å². The highest BCUT2D eigenvalue weighted by atomic mass is 16.3. The molecule has 0 heterocycles. The van der Waals surface area contributed by atoms with Crippen molar-refractivity contribution in [1.29, 1.82) is 0 Å². The van der Waals surface area contributed by atoms with Crippen LogP contribution >= 0.6 is 0 Å². The lowest BCUT2D eigenvalue weighted by atomic mass is 9.96. The third kappa shape index (κ3) is 6.24. The third-order valence-corrected chi connectivity index (χ3v) is 4.89. The second kappa shape index (κ2) is 8.93. The standard InChI is InChI=1S/C16H34N2O/c1-16(14-19,17-2)12-8-9-13-18(3)15-10-6-4-5-7-11-15/h15,17,19H,4-14H2,1-3H3. The van der Waals surface area contributed by atoms with Gasteiger partial charge in [0, 0.05) is 11.6 Å². The molecule has 1 rings (SSSR count). The smallest absolute Gasteiger partial charge is 0.0610 e. The van der Waals surface area contributed by atoms with Crippen LogP contribution in [0.25, 0.3) is 0 Å². The molecule has 0 spiro atoms. The Labute approximate surface area is 119 Å².